The van der Waals surface area contributed by atoms with Crippen LogP contribution < -0.4 is 9.64 Å². The average molecular weight is 370 g/mol. The number of hydrogen-bond acceptors (Lipinski definition) is 4. The predicted molar refractivity (Wildman–Crippen MR) is 106 cm³/mol. The number of aromatic nitrogens is 3. The minimum Gasteiger partial charge on any atom is -0.437 e. The van der Waals surface area contributed by atoms with Crippen molar-refractivity contribution in [1.82, 2.24) is 14.4 Å². The number of anilines is 2. The van der Waals surface area contributed by atoms with Gasteiger partial charge in [0, 0.05) is 18.0 Å². The standard InChI is InChI=1S/C22H18N4O2/c1-22(2)17-6-5-12-23-20(17)26(21(22)27)15-8-10-16(11-9-15)28-19-14-25-13-4-3-7-18(25)24-19/h3-14H,1-2H3. The molecule has 6 nitrogen and oxygen atoms in total. The van der Waals surface area contributed by atoms with Crippen LogP contribution in [0.3, 0.4) is 0 Å². The third kappa shape index (κ3) is 2.45. The molecule has 0 saturated carbocycles. The van der Waals surface area contributed by atoms with Crippen LogP contribution in [0.25, 0.3) is 5.65 Å². The Balaban J connectivity index is 1.44. The lowest BCUT2D eigenvalue weighted by Gasteiger charge is -2.20. The summed E-state index contributed by atoms with van der Waals surface area (Å²) < 4.78 is 7.77. The van der Waals surface area contributed by atoms with Gasteiger partial charge in [-0.05, 0) is 56.3 Å². The maximum atomic E-state index is 13.0. The van der Waals surface area contributed by atoms with E-state index < -0.39 is 5.41 Å². The lowest BCUT2D eigenvalue weighted by molar-refractivity contribution is -0.121. The van der Waals surface area contributed by atoms with Crippen molar-refractivity contribution in [3.63, 3.8) is 0 Å². The number of nitrogens with zero attached hydrogens (tertiary/aromatic N) is 4. The molecule has 0 unspecified atom stereocenters. The Morgan fingerprint density at radius 3 is 2.61 bits per heavy atom. The van der Waals surface area contributed by atoms with E-state index in [1.54, 1.807) is 11.1 Å². The Labute approximate surface area is 162 Å². The van der Waals surface area contributed by atoms with Crippen LogP contribution in [0.4, 0.5) is 11.5 Å². The highest BCUT2D eigenvalue weighted by atomic mass is 16.5. The SMILES string of the molecule is CC1(C)C(=O)N(c2ccc(Oc3cn4ccccc4n3)cc2)c2ncccc21. The van der Waals surface area contributed by atoms with E-state index in [2.05, 4.69) is 9.97 Å². The molecular formula is C22H18N4O2. The topological polar surface area (TPSA) is 59.7 Å². The molecule has 1 aliphatic rings. The van der Waals surface area contributed by atoms with Crippen molar-refractivity contribution in [1.29, 1.82) is 0 Å². The first-order chi connectivity index (χ1) is 13.5. The van der Waals surface area contributed by atoms with Crippen LogP contribution >= 0.6 is 0 Å². The fourth-order valence-corrected chi connectivity index (χ4v) is 3.54. The number of carbonyl (C=O) groups excluding carboxylic acids is 1. The van der Waals surface area contributed by atoms with E-state index in [9.17, 15) is 4.79 Å². The first-order valence-electron chi connectivity index (χ1n) is 9.06. The van der Waals surface area contributed by atoms with Gasteiger partial charge in [0.15, 0.2) is 0 Å². The van der Waals surface area contributed by atoms with E-state index in [1.807, 2.05) is 85.2 Å². The van der Waals surface area contributed by atoms with Gasteiger partial charge in [0.1, 0.15) is 17.2 Å². The van der Waals surface area contributed by atoms with Crippen LogP contribution in [-0.2, 0) is 10.2 Å². The molecule has 3 aromatic heterocycles. The number of rotatable bonds is 3. The molecule has 1 aromatic carbocycles. The van der Waals surface area contributed by atoms with E-state index in [-0.39, 0.29) is 5.91 Å². The van der Waals surface area contributed by atoms with E-state index in [1.165, 1.54) is 0 Å². The number of benzene rings is 1. The molecule has 4 heterocycles. The van der Waals surface area contributed by atoms with Gasteiger partial charge in [0.2, 0.25) is 11.8 Å². The smallest absolute Gasteiger partial charge is 0.242 e. The summed E-state index contributed by atoms with van der Waals surface area (Å²) in [5, 5.41) is 0. The van der Waals surface area contributed by atoms with E-state index >= 15 is 0 Å². The first-order valence-corrected chi connectivity index (χ1v) is 9.06. The monoisotopic (exact) mass is 370 g/mol. The van der Waals surface area contributed by atoms with Gasteiger partial charge >= 0.3 is 0 Å². The lowest BCUT2D eigenvalue weighted by Crippen LogP contribution is -2.33. The molecule has 28 heavy (non-hydrogen) atoms. The van der Waals surface area contributed by atoms with Gasteiger partial charge < -0.3 is 9.14 Å². The molecule has 6 heteroatoms. The summed E-state index contributed by atoms with van der Waals surface area (Å²) >= 11 is 0. The minimum atomic E-state index is -0.602. The molecule has 0 saturated heterocycles. The van der Waals surface area contributed by atoms with Crippen LogP contribution in [0.15, 0.2) is 73.2 Å². The lowest BCUT2D eigenvalue weighted by atomic mass is 9.87. The summed E-state index contributed by atoms with van der Waals surface area (Å²) in [6.45, 7) is 3.85. The van der Waals surface area contributed by atoms with Crippen LogP contribution in [0.2, 0.25) is 0 Å². The highest BCUT2D eigenvalue weighted by Crippen LogP contribution is 2.44. The third-order valence-electron chi connectivity index (χ3n) is 5.07. The summed E-state index contributed by atoms with van der Waals surface area (Å²) in [4.78, 5) is 23.5. The second kappa shape index (κ2) is 5.92. The van der Waals surface area contributed by atoms with Gasteiger partial charge in [0.05, 0.1) is 17.3 Å². The largest absolute Gasteiger partial charge is 0.437 e. The zero-order valence-electron chi connectivity index (χ0n) is 15.5. The molecule has 4 aromatic rings. The number of carbonyl (C=O) groups is 1. The predicted octanol–water partition coefficient (Wildman–Crippen LogP) is 4.48. The van der Waals surface area contributed by atoms with Crippen molar-refractivity contribution < 1.29 is 9.53 Å². The molecule has 138 valence electrons. The summed E-state index contributed by atoms with van der Waals surface area (Å²) in [6.07, 6.45) is 5.46. The maximum Gasteiger partial charge on any atom is 0.242 e. The molecule has 0 radical (unpaired) electrons. The fraction of sp³-hybridized carbons (Fsp3) is 0.136. The van der Waals surface area contributed by atoms with Gasteiger partial charge in [-0.3, -0.25) is 9.69 Å². The van der Waals surface area contributed by atoms with Gasteiger partial charge in [-0.1, -0.05) is 12.1 Å². The Morgan fingerprint density at radius 2 is 1.82 bits per heavy atom. The van der Waals surface area contributed by atoms with E-state index in [4.69, 9.17) is 4.74 Å². The molecule has 1 aliphatic heterocycles. The van der Waals surface area contributed by atoms with Gasteiger partial charge in [-0.2, -0.15) is 4.98 Å². The molecule has 0 aliphatic carbocycles. The van der Waals surface area contributed by atoms with Crippen molar-refractivity contribution in [2.45, 2.75) is 19.3 Å². The molecule has 0 bridgehead atoms. The molecule has 0 N–H and O–H groups in total. The second-order valence-electron chi connectivity index (χ2n) is 7.28. The summed E-state index contributed by atoms with van der Waals surface area (Å²) in [6, 6.07) is 17.0. The van der Waals surface area contributed by atoms with Crippen LogP contribution in [0, 0.1) is 0 Å². The molecule has 0 fully saturated rings. The van der Waals surface area contributed by atoms with E-state index in [0.717, 1.165) is 16.9 Å². The highest BCUT2D eigenvalue weighted by Gasteiger charge is 2.45. The van der Waals surface area contributed by atoms with Crippen molar-refractivity contribution >= 4 is 23.1 Å². The molecular weight excluding hydrogens is 352 g/mol. The average Bonchev–Trinajstić information content (AvgIpc) is 3.20. The zero-order chi connectivity index (χ0) is 19.3. The number of amides is 1. The molecule has 1 amide bonds. The van der Waals surface area contributed by atoms with Crippen molar-refractivity contribution in [3.8, 4) is 11.6 Å². The van der Waals surface area contributed by atoms with Gasteiger partial charge in [-0.25, -0.2) is 4.98 Å². The third-order valence-corrected chi connectivity index (χ3v) is 5.07. The van der Waals surface area contributed by atoms with Crippen molar-refractivity contribution in [2.24, 2.45) is 0 Å². The number of imidazole rings is 1. The maximum absolute atomic E-state index is 13.0. The first kappa shape index (κ1) is 16.5. The Kier molecular flexibility index (Phi) is 3.49. The molecule has 0 spiro atoms. The summed E-state index contributed by atoms with van der Waals surface area (Å²) in [5.41, 5.74) is 1.92. The van der Waals surface area contributed by atoms with Crippen molar-refractivity contribution in [3.05, 3.63) is 78.8 Å². The number of ether oxygens (including phenoxy) is 1. The zero-order valence-corrected chi connectivity index (χ0v) is 15.5. The van der Waals surface area contributed by atoms with Gasteiger partial charge in [-0.15, -0.1) is 0 Å². The minimum absolute atomic E-state index is 0.00946. The Morgan fingerprint density at radius 1 is 1.00 bits per heavy atom. The molecule has 5 rings (SSSR count). The summed E-state index contributed by atoms with van der Waals surface area (Å²) in [7, 11) is 0. The Bertz CT molecular complexity index is 1160. The van der Waals surface area contributed by atoms with Crippen LogP contribution in [-0.4, -0.2) is 20.3 Å². The van der Waals surface area contributed by atoms with Crippen molar-refractivity contribution in [2.75, 3.05) is 4.90 Å². The Hall–Kier alpha value is -3.67. The number of pyridine rings is 2. The normalized spacial score (nSPS) is 15.1. The van der Waals surface area contributed by atoms with Crippen LogP contribution in [0.1, 0.15) is 19.4 Å². The number of fused-ring (bicyclic) bond motifs is 2. The van der Waals surface area contributed by atoms with Gasteiger partial charge in [0.25, 0.3) is 0 Å². The quantitative estimate of drug-likeness (QED) is 0.534. The fourth-order valence-electron chi connectivity index (χ4n) is 3.54. The van der Waals surface area contributed by atoms with E-state index in [0.29, 0.717) is 17.4 Å². The molecule has 0 atom stereocenters. The second-order valence-corrected chi connectivity index (χ2v) is 7.28. The van der Waals surface area contributed by atoms with Crippen LogP contribution in [0.5, 0.6) is 11.6 Å². The highest BCUT2D eigenvalue weighted by molar-refractivity contribution is 6.11. The summed E-state index contributed by atoms with van der Waals surface area (Å²) in [5.74, 6) is 1.87. The number of hydrogen-bond donors (Lipinski definition) is 0.